The van der Waals surface area contributed by atoms with Crippen molar-refractivity contribution in [2.45, 2.75) is 70.8 Å². The molecule has 208 valence electrons. The molecule has 0 bridgehead atoms. The predicted octanol–water partition coefficient (Wildman–Crippen LogP) is 6.97. The molecule has 1 aliphatic carbocycles. The van der Waals surface area contributed by atoms with E-state index in [0.717, 1.165) is 0 Å². The summed E-state index contributed by atoms with van der Waals surface area (Å²) < 4.78 is 29.8. The average Bonchev–Trinajstić information content (AvgIpc) is 3.63. The zero-order chi connectivity index (χ0) is 26.4. The normalized spacial score (nSPS) is 35.4. The van der Waals surface area contributed by atoms with Gasteiger partial charge in [0, 0.05) is 39.3 Å². The Hall–Kier alpha value is 2.57. The molecule has 2 N–H and O–H groups in total. The smallest absolute Gasteiger partial charge is 0.301 e. The lowest BCUT2D eigenvalue weighted by atomic mass is 9.97. The highest BCUT2D eigenvalue weighted by Crippen LogP contribution is 2.75. The quantitative estimate of drug-likeness (QED) is 0.240. The number of hydrogen-bond donors (Lipinski definition) is 2. The van der Waals surface area contributed by atoms with Crippen LogP contribution in [0.25, 0.3) is 0 Å². The number of alkyl halides is 6. The van der Waals surface area contributed by atoms with E-state index >= 15 is 0 Å². The highest BCUT2D eigenvalue weighted by molar-refractivity contribution is 9.41. The number of nitrogens with zero attached hydrogens (tertiary/aromatic N) is 3. The molecule has 0 unspecified atom stereocenters. The SMILES string of the molecule is Br[P+](N1CCCC1)(N1CCCC1)N1CCCC1.ClC1C(Cl)C(Cl)C(Cl)C(Cl)C1Cl.O=P(O)(O)OF. The van der Waals surface area contributed by atoms with Crippen LogP contribution < -0.4 is 0 Å². The molecule has 3 heterocycles. The minimum atomic E-state index is -4.81. The van der Waals surface area contributed by atoms with E-state index in [2.05, 4.69) is 34.2 Å². The van der Waals surface area contributed by atoms with Gasteiger partial charge in [-0.2, -0.15) is 0 Å². The van der Waals surface area contributed by atoms with Gasteiger partial charge in [-0.25, -0.2) is 4.57 Å². The molecule has 17 heteroatoms. The van der Waals surface area contributed by atoms with Crippen LogP contribution in [0.1, 0.15) is 38.5 Å². The summed E-state index contributed by atoms with van der Waals surface area (Å²) in [6.45, 7) is 7.87. The molecule has 0 aromatic carbocycles. The Labute approximate surface area is 245 Å². The van der Waals surface area contributed by atoms with Crippen molar-refractivity contribution in [3.63, 3.8) is 0 Å². The molecule has 4 aliphatic rings. The van der Waals surface area contributed by atoms with Gasteiger partial charge >= 0.3 is 7.82 Å². The summed E-state index contributed by atoms with van der Waals surface area (Å²) in [4.78, 5) is 14.7. The first kappa shape index (κ1) is 33.8. The van der Waals surface area contributed by atoms with Crippen molar-refractivity contribution in [3.05, 3.63) is 0 Å². The van der Waals surface area contributed by atoms with E-state index in [4.69, 9.17) is 84.0 Å². The predicted molar refractivity (Wildman–Crippen MR) is 150 cm³/mol. The summed E-state index contributed by atoms with van der Waals surface area (Å²) >= 11 is 39.5. The summed E-state index contributed by atoms with van der Waals surface area (Å²) in [5, 5.41) is -2.62. The fourth-order valence-electron chi connectivity index (χ4n) is 4.46. The molecule has 0 radical (unpaired) electrons. The van der Waals surface area contributed by atoms with Crippen molar-refractivity contribution < 1.29 is 23.6 Å². The van der Waals surface area contributed by atoms with E-state index in [0.29, 0.717) is 0 Å². The van der Waals surface area contributed by atoms with Crippen LogP contribution in [-0.4, -0.2) is 95.3 Å². The first-order valence-corrected chi connectivity index (χ1v) is 19.2. The molecule has 0 spiro atoms. The number of phosphoric acid groups is 1. The fraction of sp³-hybridized carbons (Fsp3) is 1.00. The maximum absolute atomic E-state index is 10.2. The summed E-state index contributed by atoms with van der Waals surface area (Å²) in [5.41, 5.74) is 0. The van der Waals surface area contributed by atoms with Gasteiger partial charge in [-0.3, -0.25) is 0 Å². The van der Waals surface area contributed by atoms with E-state index in [1.165, 1.54) is 77.8 Å². The van der Waals surface area contributed by atoms with E-state index < -0.39 is 46.5 Å². The van der Waals surface area contributed by atoms with Crippen LogP contribution in [0.3, 0.4) is 0 Å². The highest BCUT2D eigenvalue weighted by atomic mass is 79.9. The van der Waals surface area contributed by atoms with Gasteiger partial charge in [0.15, 0.2) is 0 Å². The average molecular weight is 728 g/mol. The summed E-state index contributed by atoms with van der Waals surface area (Å²) in [6.07, 6.45) is 7.09. The molecule has 35 heavy (non-hydrogen) atoms. The minimum absolute atomic E-state index is 0.437. The van der Waals surface area contributed by atoms with Crippen LogP contribution in [0, 0.1) is 0 Å². The Morgan fingerprint density at radius 3 is 0.971 bits per heavy atom. The van der Waals surface area contributed by atoms with Gasteiger partial charge in [-0.1, -0.05) is 4.73 Å². The molecule has 1 saturated carbocycles. The Bertz CT molecular complexity index is 593. The Morgan fingerprint density at radius 2 is 0.829 bits per heavy atom. The zero-order valence-corrected chi connectivity index (χ0v) is 26.8. The molecule has 4 rings (SSSR count). The maximum Gasteiger partial charge on any atom is 0.500 e. The molecular formula is C18H32BrCl6FN3O4P2+. The van der Waals surface area contributed by atoms with Crippen LogP contribution in [0.4, 0.5) is 4.53 Å². The second kappa shape index (κ2) is 15.5. The number of hydrogen-bond acceptors (Lipinski definition) is 5. The van der Waals surface area contributed by atoms with Crippen LogP contribution in [-0.2, 0) is 9.29 Å². The van der Waals surface area contributed by atoms with Crippen molar-refractivity contribution in [1.82, 2.24) is 14.0 Å². The van der Waals surface area contributed by atoms with Crippen molar-refractivity contribution in [2.75, 3.05) is 39.3 Å². The van der Waals surface area contributed by atoms with Gasteiger partial charge in [-0.15, -0.1) is 83.6 Å². The number of halogens is 8. The monoisotopic (exact) mass is 724 g/mol. The lowest BCUT2D eigenvalue weighted by molar-refractivity contribution is -0.0389. The maximum atomic E-state index is 10.2. The first-order valence-electron chi connectivity index (χ1n) is 11.4. The Kier molecular flexibility index (Phi) is 15.0. The van der Waals surface area contributed by atoms with E-state index in [9.17, 15) is 4.53 Å². The van der Waals surface area contributed by atoms with Crippen molar-refractivity contribution >= 4 is 99.3 Å². The molecule has 3 aliphatic heterocycles. The van der Waals surface area contributed by atoms with Gasteiger partial charge < -0.3 is 9.79 Å². The largest absolute Gasteiger partial charge is 0.500 e. The van der Waals surface area contributed by atoms with E-state index in [1.54, 1.807) is 0 Å². The van der Waals surface area contributed by atoms with Gasteiger partial charge in [0.1, 0.15) is 0 Å². The zero-order valence-electron chi connectivity index (χ0n) is 18.9. The molecule has 0 aromatic rings. The van der Waals surface area contributed by atoms with Crippen LogP contribution >= 0.6 is 99.3 Å². The summed E-state index contributed by atoms with van der Waals surface area (Å²) in [7, 11) is -4.81. The molecule has 0 amide bonds. The Balaban J connectivity index is 0.000000210. The summed E-state index contributed by atoms with van der Waals surface area (Å²) in [6, 6.07) is 0. The van der Waals surface area contributed by atoms with Gasteiger partial charge in [0.25, 0.3) is 6.42 Å². The lowest BCUT2D eigenvalue weighted by Gasteiger charge is -2.38. The van der Waals surface area contributed by atoms with Crippen molar-refractivity contribution in [3.8, 4) is 0 Å². The van der Waals surface area contributed by atoms with E-state index in [-0.39, 0.29) is 0 Å². The van der Waals surface area contributed by atoms with Gasteiger partial charge in [0.05, 0.1) is 32.3 Å². The second-order valence-electron chi connectivity index (χ2n) is 8.70. The highest BCUT2D eigenvalue weighted by Gasteiger charge is 2.57. The van der Waals surface area contributed by atoms with Crippen LogP contribution in [0.15, 0.2) is 0 Å². The molecule has 3 saturated heterocycles. The van der Waals surface area contributed by atoms with Crippen molar-refractivity contribution in [2.24, 2.45) is 0 Å². The molecule has 7 nitrogen and oxygen atoms in total. The van der Waals surface area contributed by atoms with Gasteiger partial charge in [-0.05, 0) is 43.1 Å². The minimum Gasteiger partial charge on any atom is -0.301 e. The van der Waals surface area contributed by atoms with E-state index in [1.807, 2.05) is 0 Å². The third-order valence-corrected chi connectivity index (χ3v) is 17.9. The standard InChI is InChI=1S/C12H24BrN3P.C6H6Cl6.FH2O4P/c13-17(14-7-1-2-8-14,15-9-3-4-10-15)16-11-5-6-12-16;7-1-2(8)4(10)6(12)5(11)3(1)9;1-5-6(2,3)4/h1-12H2;1-6H;(H2,2,3,4)/q+1;;. The second-order valence-corrected chi connectivity index (χ2v) is 18.4. The van der Waals surface area contributed by atoms with Crippen molar-refractivity contribution in [1.29, 1.82) is 0 Å². The molecule has 0 atom stereocenters. The summed E-state index contributed by atoms with van der Waals surface area (Å²) in [5.74, 6) is 0. The van der Waals surface area contributed by atoms with Gasteiger partial charge in [0.2, 0.25) is 15.5 Å². The third kappa shape index (κ3) is 9.30. The third-order valence-electron chi connectivity index (χ3n) is 6.24. The van der Waals surface area contributed by atoms with Crippen LogP contribution in [0.2, 0.25) is 0 Å². The Morgan fingerprint density at radius 1 is 0.657 bits per heavy atom. The fourth-order valence-corrected chi connectivity index (χ4v) is 13.1. The lowest BCUT2D eigenvalue weighted by Crippen LogP contribution is -2.52. The molecule has 0 aromatic heterocycles. The molecule has 4 fully saturated rings. The topological polar surface area (TPSA) is 76.5 Å². The number of rotatable bonds is 4. The molecular weight excluding hydrogens is 696 g/mol. The first-order chi connectivity index (χ1) is 16.3. The van der Waals surface area contributed by atoms with Crippen LogP contribution in [0.5, 0.6) is 0 Å².